The van der Waals surface area contributed by atoms with Crippen molar-refractivity contribution in [3.8, 4) is 5.75 Å². The maximum atomic E-state index is 5.86. The van der Waals surface area contributed by atoms with Crippen molar-refractivity contribution in [2.75, 3.05) is 13.2 Å². The van der Waals surface area contributed by atoms with Crippen molar-refractivity contribution in [1.82, 2.24) is 4.90 Å². The van der Waals surface area contributed by atoms with Gasteiger partial charge >= 0.3 is 0 Å². The van der Waals surface area contributed by atoms with Crippen molar-refractivity contribution in [1.29, 1.82) is 0 Å². The van der Waals surface area contributed by atoms with E-state index in [2.05, 4.69) is 52.0 Å². The van der Waals surface area contributed by atoms with Gasteiger partial charge in [-0.15, -0.1) is 0 Å². The molecule has 1 aliphatic rings. The minimum atomic E-state index is 0.545. The van der Waals surface area contributed by atoms with Gasteiger partial charge in [0.15, 0.2) is 0 Å². The van der Waals surface area contributed by atoms with Crippen LogP contribution >= 0.6 is 15.9 Å². The molecule has 1 fully saturated rings. The number of ether oxygens (including phenoxy) is 1. The van der Waals surface area contributed by atoms with Gasteiger partial charge in [0.05, 0.1) is 10.5 Å². The third-order valence-corrected chi connectivity index (χ3v) is 4.26. The molecule has 0 radical (unpaired) electrons. The van der Waals surface area contributed by atoms with Gasteiger partial charge in [-0.05, 0) is 40.5 Å². The molecule has 2 aromatic carbocycles. The Morgan fingerprint density at radius 3 is 2.65 bits per heavy atom. The van der Waals surface area contributed by atoms with Gasteiger partial charge in [-0.1, -0.05) is 42.0 Å². The third-order valence-electron chi connectivity index (χ3n) is 3.60. The van der Waals surface area contributed by atoms with E-state index < -0.39 is 0 Å². The molecule has 1 heterocycles. The van der Waals surface area contributed by atoms with Crippen LogP contribution in [0.15, 0.2) is 53.0 Å². The minimum Gasteiger partial charge on any atom is -0.491 e. The van der Waals surface area contributed by atoms with Crippen molar-refractivity contribution in [2.45, 2.75) is 19.5 Å². The Kier molecular flexibility index (Phi) is 4.08. The van der Waals surface area contributed by atoms with Gasteiger partial charge in [-0.3, -0.25) is 4.90 Å². The highest BCUT2D eigenvalue weighted by molar-refractivity contribution is 9.10. The van der Waals surface area contributed by atoms with E-state index in [1.54, 1.807) is 0 Å². The zero-order valence-corrected chi connectivity index (χ0v) is 13.1. The highest BCUT2D eigenvalue weighted by atomic mass is 79.9. The van der Waals surface area contributed by atoms with E-state index in [4.69, 9.17) is 4.74 Å². The monoisotopic (exact) mass is 331 g/mol. The molecular weight excluding hydrogens is 314 g/mol. The normalized spacial score (nSPS) is 20.7. The summed E-state index contributed by atoms with van der Waals surface area (Å²) in [5.41, 5.74) is 2.69. The molecule has 0 spiro atoms. The third kappa shape index (κ3) is 3.41. The molecule has 0 aliphatic carbocycles. The summed E-state index contributed by atoms with van der Waals surface area (Å²) in [6.45, 7) is 5.02. The van der Waals surface area contributed by atoms with E-state index in [9.17, 15) is 0 Å². The van der Waals surface area contributed by atoms with Gasteiger partial charge in [0, 0.05) is 13.1 Å². The molecule has 0 aromatic heterocycles. The van der Waals surface area contributed by atoms with E-state index in [1.165, 1.54) is 11.1 Å². The second-order valence-electron chi connectivity index (χ2n) is 5.31. The van der Waals surface area contributed by atoms with Crippen molar-refractivity contribution < 1.29 is 4.74 Å². The largest absolute Gasteiger partial charge is 0.491 e. The molecule has 0 amide bonds. The fourth-order valence-corrected chi connectivity index (χ4v) is 2.65. The van der Waals surface area contributed by atoms with Crippen LogP contribution in [0.1, 0.15) is 11.1 Å². The van der Waals surface area contributed by atoms with E-state index in [1.807, 2.05) is 24.3 Å². The first-order valence-corrected chi connectivity index (χ1v) is 7.68. The summed E-state index contributed by atoms with van der Waals surface area (Å²) in [5, 5.41) is 0. The van der Waals surface area contributed by atoms with E-state index in [-0.39, 0.29) is 0 Å². The van der Waals surface area contributed by atoms with Crippen molar-refractivity contribution in [3.63, 3.8) is 0 Å². The topological polar surface area (TPSA) is 12.2 Å². The standard InChI is InChI=1S/C17H18BrNO/c1-13-6-8-14(9-7-13)10-19-11-15(19)12-20-17-5-3-2-4-16(17)18/h2-9,15H,10-12H2,1H3. The molecule has 0 saturated carbocycles. The van der Waals surface area contributed by atoms with Gasteiger partial charge in [0.2, 0.25) is 0 Å². The zero-order chi connectivity index (χ0) is 13.9. The summed E-state index contributed by atoms with van der Waals surface area (Å²) in [5.74, 6) is 0.926. The molecule has 2 atom stereocenters. The number of hydrogen-bond acceptors (Lipinski definition) is 2. The van der Waals surface area contributed by atoms with E-state index in [0.717, 1.165) is 29.9 Å². The Labute approximate surface area is 128 Å². The molecule has 1 saturated heterocycles. The fourth-order valence-electron chi connectivity index (χ4n) is 2.25. The summed E-state index contributed by atoms with van der Waals surface area (Å²) < 4.78 is 6.88. The summed E-state index contributed by atoms with van der Waals surface area (Å²) >= 11 is 3.50. The van der Waals surface area contributed by atoms with Crippen LogP contribution in [0.2, 0.25) is 0 Å². The maximum absolute atomic E-state index is 5.86. The molecule has 2 nitrogen and oxygen atoms in total. The Morgan fingerprint density at radius 2 is 1.90 bits per heavy atom. The molecule has 0 N–H and O–H groups in total. The van der Waals surface area contributed by atoms with Crippen LogP contribution in [-0.2, 0) is 6.54 Å². The lowest BCUT2D eigenvalue weighted by molar-refractivity contribution is 0.291. The highest BCUT2D eigenvalue weighted by Crippen LogP contribution is 2.27. The number of nitrogens with zero attached hydrogens (tertiary/aromatic N) is 1. The number of benzene rings is 2. The molecule has 1 aliphatic heterocycles. The van der Waals surface area contributed by atoms with Crippen LogP contribution in [0.3, 0.4) is 0 Å². The summed E-state index contributed by atoms with van der Waals surface area (Å²) in [4.78, 5) is 2.43. The lowest BCUT2D eigenvalue weighted by atomic mass is 10.1. The molecule has 20 heavy (non-hydrogen) atoms. The quantitative estimate of drug-likeness (QED) is 0.767. The van der Waals surface area contributed by atoms with Gasteiger partial charge in [0.1, 0.15) is 12.4 Å². The second kappa shape index (κ2) is 5.98. The summed E-state index contributed by atoms with van der Waals surface area (Å²) in [7, 11) is 0. The SMILES string of the molecule is Cc1ccc(CN2CC2COc2ccccc2Br)cc1. The van der Waals surface area contributed by atoms with Crippen LogP contribution in [0.5, 0.6) is 5.75 Å². The number of hydrogen-bond donors (Lipinski definition) is 0. The van der Waals surface area contributed by atoms with Gasteiger partial charge in [0.25, 0.3) is 0 Å². The lowest BCUT2D eigenvalue weighted by Crippen LogP contribution is -2.11. The van der Waals surface area contributed by atoms with Crippen LogP contribution in [0.4, 0.5) is 0 Å². The van der Waals surface area contributed by atoms with Gasteiger partial charge < -0.3 is 4.74 Å². The maximum Gasteiger partial charge on any atom is 0.133 e. The average molecular weight is 332 g/mol. The number of para-hydroxylation sites is 1. The lowest BCUT2D eigenvalue weighted by Gasteiger charge is -2.08. The van der Waals surface area contributed by atoms with Crippen molar-refractivity contribution in [2.24, 2.45) is 0 Å². The fraction of sp³-hybridized carbons (Fsp3) is 0.294. The average Bonchev–Trinajstić information content (AvgIpc) is 3.19. The predicted molar refractivity (Wildman–Crippen MR) is 85.0 cm³/mol. The number of aryl methyl sites for hydroxylation is 1. The van der Waals surface area contributed by atoms with Crippen LogP contribution in [-0.4, -0.2) is 24.1 Å². The Morgan fingerprint density at radius 1 is 1.15 bits per heavy atom. The van der Waals surface area contributed by atoms with Crippen LogP contribution < -0.4 is 4.74 Å². The highest BCUT2D eigenvalue weighted by Gasteiger charge is 2.34. The molecule has 2 unspecified atom stereocenters. The van der Waals surface area contributed by atoms with Crippen LogP contribution in [0, 0.1) is 6.92 Å². The Balaban J connectivity index is 1.48. The summed E-state index contributed by atoms with van der Waals surface area (Å²) in [6.07, 6.45) is 0. The first-order chi connectivity index (χ1) is 9.72. The van der Waals surface area contributed by atoms with E-state index >= 15 is 0 Å². The zero-order valence-electron chi connectivity index (χ0n) is 11.6. The van der Waals surface area contributed by atoms with Gasteiger partial charge in [-0.25, -0.2) is 0 Å². The molecule has 104 valence electrons. The summed E-state index contributed by atoms with van der Waals surface area (Å²) in [6, 6.07) is 17.3. The molecule has 3 rings (SSSR count). The van der Waals surface area contributed by atoms with Gasteiger partial charge in [-0.2, -0.15) is 0 Å². The molecule has 0 bridgehead atoms. The smallest absolute Gasteiger partial charge is 0.133 e. The molecule has 2 aromatic rings. The molecular formula is C17H18BrNO. The van der Waals surface area contributed by atoms with Crippen molar-refractivity contribution in [3.05, 3.63) is 64.1 Å². The van der Waals surface area contributed by atoms with E-state index in [0.29, 0.717) is 6.04 Å². The van der Waals surface area contributed by atoms with Crippen molar-refractivity contribution >= 4 is 15.9 Å². The number of rotatable bonds is 5. The Bertz CT molecular complexity index is 582. The first-order valence-electron chi connectivity index (χ1n) is 6.89. The number of halogens is 1. The first kappa shape index (κ1) is 13.7. The molecule has 3 heteroatoms. The second-order valence-corrected chi connectivity index (χ2v) is 6.16. The Hall–Kier alpha value is -1.32. The van der Waals surface area contributed by atoms with Crippen LogP contribution in [0.25, 0.3) is 0 Å². The predicted octanol–water partition coefficient (Wildman–Crippen LogP) is 4.02. The minimum absolute atomic E-state index is 0.545.